The van der Waals surface area contributed by atoms with Crippen molar-refractivity contribution in [2.24, 2.45) is 5.73 Å². The van der Waals surface area contributed by atoms with Crippen LogP contribution in [0.25, 0.3) is 0 Å². The highest BCUT2D eigenvalue weighted by Crippen LogP contribution is 2.19. The predicted octanol–water partition coefficient (Wildman–Crippen LogP) is 2.50. The molecule has 1 atom stereocenters. The number of amides is 3. The minimum atomic E-state index is -1.41. The number of para-hydroxylation sites is 3. The summed E-state index contributed by atoms with van der Waals surface area (Å²) in [6.45, 7) is -0.785. The fourth-order valence-electron chi connectivity index (χ4n) is 3.29. The van der Waals surface area contributed by atoms with Gasteiger partial charge in [-0.2, -0.15) is 0 Å². The number of nitrogens with two attached hydrogens (primary N) is 1. The first kappa shape index (κ1) is 24.5. The first-order valence-electron chi connectivity index (χ1n) is 10.8. The Morgan fingerprint density at radius 2 is 1.21 bits per heavy atom. The molecule has 0 aliphatic carbocycles. The quantitative estimate of drug-likeness (QED) is 0.495. The lowest BCUT2D eigenvalue weighted by atomic mass is 10.2. The van der Waals surface area contributed by atoms with Crippen LogP contribution in [0.1, 0.15) is 0 Å². The van der Waals surface area contributed by atoms with E-state index >= 15 is 0 Å². The van der Waals surface area contributed by atoms with E-state index in [9.17, 15) is 14.4 Å². The Labute approximate surface area is 199 Å². The van der Waals surface area contributed by atoms with Crippen LogP contribution in [0.3, 0.4) is 0 Å². The van der Waals surface area contributed by atoms with Crippen molar-refractivity contribution in [3.8, 4) is 5.75 Å². The highest BCUT2D eigenvalue weighted by Gasteiger charge is 2.36. The monoisotopic (exact) mass is 460 g/mol. The van der Waals surface area contributed by atoms with Gasteiger partial charge in [0.05, 0.1) is 6.54 Å². The van der Waals surface area contributed by atoms with Crippen molar-refractivity contribution >= 4 is 29.1 Å². The van der Waals surface area contributed by atoms with Crippen molar-refractivity contribution in [1.82, 2.24) is 4.90 Å². The van der Waals surface area contributed by atoms with Gasteiger partial charge in [0.15, 0.2) is 0 Å². The molecule has 0 radical (unpaired) electrons. The van der Waals surface area contributed by atoms with E-state index in [0.717, 1.165) is 4.90 Å². The second kappa shape index (κ2) is 11.6. The topological polar surface area (TPSA) is 96.2 Å². The summed E-state index contributed by atoms with van der Waals surface area (Å²) >= 11 is 0. The summed E-state index contributed by atoms with van der Waals surface area (Å²) in [5.41, 5.74) is 6.92. The van der Waals surface area contributed by atoms with Gasteiger partial charge in [0.25, 0.3) is 12.1 Å². The van der Waals surface area contributed by atoms with E-state index in [1.54, 1.807) is 80.8 Å². The Hall–Kier alpha value is -4.17. The molecule has 0 aromatic heterocycles. The smallest absolute Gasteiger partial charge is 0.289 e. The molecular formula is C26H28N4O4. The molecule has 176 valence electrons. The third-order valence-corrected chi connectivity index (χ3v) is 5.28. The van der Waals surface area contributed by atoms with Crippen molar-refractivity contribution in [3.05, 3.63) is 91.0 Å². The Morgan fingerprint density at radius 3 is 1.71 bits per heavy atom. The maximum Gasteiger partial charge on any atom is 0.289 e. The van der Waals surface area contributed by atoms with Gasteiger partial charge in [-0.1, -0.05) is 54.6 Å². The second-order valence-corrected chi connectivity index (χ2v) is 7.53. The zero-order valence-corrected chi connectivity index (χ0v) is 19.2. The fourth-order valence-corrected chi connectivity index (χ4v) is 3.29. The van der Waals surface area contributed by atoms with Gasteiger partial charge in [0.2, 0.25) is 11.8 Å². The fraction of sp³-hybridized carbons (Fsp3) is 0.192. The number of hydrogen-bond donors (Lipinski definition) is 1. The lowest BCUT2D eigenvalue weighted by molar-refractivity contribution is -0.150. The average molecular weight is 461 g/mol. The minimum Gasteiger partial charge on any atom is -0.461 e. The van der Waals surface area contributed by atoms with Crippen LogP contribution in [-0.2, 0) is 14.4 Å². The van der Waals surface area contributed by atoms with Crippen molar-refractivity contribution in [1.29, 1.82) is 0 Å². The van der Waals surface area contributed by atoms with Crippen LogP contribution >= 0.6 is 0 Å². The molecule has 0 bridgehead atoms. The normalized spacial score (nSPS) is 11.3. The van der Waals surface area contributed by atoms with Gasteiger partial charge in [0, 0.05) is 25.5 Å². The first-order chi connectivity index (χ1) is 16.4. The predicted molar refractivity (Wildman–Crippen MR) is 131 cm³/mol. The van der Waals surface area contributed by atoms with Crippen molar-refractivity contribution in [2.45, 2.75) is 6.23 Å². The molecule has 0 heterocycles. The maximum absolute atomic E-state index is 13.6. The van der Waals surface area contributed by atoms with E-state index < -0.39 is 30.5 Å². The van der Waals surface area contributed by atoms with Gasteiger partial charge in [-0.05, 0) is 36.4 Å². The molecule has 2 N–H and O–H groups in total. The third-order valence-electron chi connectivity index (χ3n) is 5.28. The van der Waals surface area contributed by atoms with Crippen LogP contribution in [0.5, 0.6) is 5.75 Å². The summed E-state index contributed by atoms with van der Waals surface area (Å²) in [7, 11) is 3.19. The molecule has 3 amide bonds. The molecule has 0 saturated carbocycles. The first-order valence-corrected chi connectivity index (χ1v) is 10.8. The summed E-state index contributed by atoms with van der Waals surface area (Å²) in [4.78, 5) is 43.4. The van der Waals surface area contributed by atoms with Crippen LogP contribution < -0.4 is 20.3 Å². The molecule has 34 heavy (non-hydrogen) atoms. The van der Waals surface area contributed by atoms with Crippen LogP contribution in [0.2, 0.25) is 0 Å². The standard InChI is InChI=1S/C26H28N4O4/c1-28(20-12-6-3-7-13-20)24(32)19-30(23(31)18-27)26(34-22-16-10-5-11-17-22)25(33)29(2)21-14-8-4-9-15-21/h3-17,26H,18-19,27H2,1-2H3. The minimum absolute atomic E-state index is 0.376. The Kier molecular flexibility index (Phi) is 8.37. The second-order valence-electron chi connectivity index (χ2n) is 7.53. The number of ether oxygens (including phenoxy) is 1. The Balaban J connectivity index is 1.94. The lowest BCUT2D eigenvalue weighted by Gasteiger charge is -2.33. The van der Waals surface area contributed by atoms with E-state index in [1.807, 2.05) is 24.3 Å². The van der Waals surface area contributed by atoms with Crippen LogP contribution in [0.15, 0.2) is 91.0 Å². The SMILES string of the molecule is CN(C(=O)CN(C(=O)CN)C(Oc1ccccc1)C(=O)N(C)c1ccccc1)c1ccccc1. The molecule has 1 unspecified atom stereocenters. The zero-order chi connectivity index (χ0) is 24.5. The number of carbonyl (C=O) groups is 3. The molecule has 3 aromatic rings. The van der Waals surface area contributed by atoms with Crippen molar-refractivity contribution < 1.29 is 19.1 Å². The lowest BCUT2D eigenvalue weighted by Crippen LogP contribution is -2.57. The van der Waals surface area contributed by atoms with Crippen LogP contribution in [0, 0.1) is 0 Å². The number of nitrogens with zero attached hydrogens (tertiary/aromatic N) is 3. The van der Waals surface area contributed by atoms with Gasteiger partial charge in [0.1, 0.15) is 12.3 Å². The molecule has 0 aliphatic heterocycles. The van der Waals surface area contributed by atoms with E-state index in [0.29, 0.717) is 17.1 Å². The van der Waals surface area contributed by atoms with Gasteiger partial charge in [-0.15, -0.1) is 0 Å². The summed E-state index contributed by atoms with van der Waals surface area (Å²) in [6, 6.07) is 26.6. The summed E-state index contributed by atoms with van der Waals surface area (Å²) in [5, 5.41) is 0. The zero-order valence-electron chi connectivity index (χ0n) is 19.2. The molecule has 3 aromatic carbocycles. The van der Waals surface area contributed by atoms with Crippen LogP contribution in [-0.4, -0.2) is 56.0 Å². The number of anilines is 2. The maximum atomic E-state index is 13.6. The van der Waals surface area contributed by atoms with Gasteiger partial charge in [-0.3, -0.25) is 19.3 Å². The van der Waals surface area contributed by atoms with Gasteiger partial charge >= 0.3 is 0 Å². The average Bonchev–Trinajstić information content (AvgIpc) is 2.90. The molecule has 8 heteroatoms. The molecule has 0 fully saturated rings. The van der Waals surface area contributed by atoms with Crippen LogP contribution in [0.4, 0.5) is 11.4 Å². The summed E-state index contributed by atoms with van der Waals surface area (Å²) < 4.78 is 5.98. The van der Waals surface area contributed by atoms with E-state index in [-0.39, 0.29) is 6.54 Å². The largest absolute Gasteiger partial charge is 0.461 e. The van der Waals surface area contributed by atoms with E-state index in [4.69, 9.17) is 10.5 Å². The van der Waals surface area contributed by atoms with Gasteiger partial charge in [-0.25, -0.2) is 0 Å². The Morgan fingerprint density at radius 1 is 0.735 bits per heavy atom. The molecular weight excluding hydrogens is 432 g/mol. The Bertz CT molecular complexity index is 1090. The highest BCUT2D eigenvalue weighted by molar-refractivity contribution is 6.01. The molecule has 0 saturated heterocycles. The number of rotatable bonds is 9. The number of hydrogen-bond acceptors (Lipinski definition) is 5. The number of benzene rings is 3. The molecule has 3 rings (SSSR count). The van der Waals surface area contributed by atoms with E-state index in [1.165, 1.54) is 9.80 Å². The summed E-state index contributed by atoms with van der Waals surface area (Å²) in [6.07, 6.45) is -1.41. The third kappa shape index (κ3) is 5.99. The number of likely N-dealkylation sites (N-methyl/N-ethyl adjacent to an activating group) is 2. The van der Waals surface area contributed by atoms with E-state index in [2.05, 4.69) is 0 Å². The molecule has 8 nitrogen and oxygen atoms in total. The number of carbonyl (C=O) groups excluding carboxylic acids is 3. The van der Waals surface area contributed by atoms with Crippen molar-refractivity contribution in [3.63, 3.8) is 0 Å². The molecule has 0 spiro atoms. The van der Waals surface area contributed by atoms with Gasteiger partial charge < -0.3 is 20.3 Å². The molecule has 0 aliphatic rings. The highest BCUT2D eigenvalue weighted by atomic mass is 16.5. The van der Waals surface area contributed by atoms with Crippen molar-refractivity contribution in [2.75, 3.05) is 37.0 Å². The summed E-state index contributed by atoms with van der Waals surface area (Å²) in [5.74, 6) is -1.14.